The van der Waals surface area contributed by atoms with E-state index in [0.717, 1.165) is 20.9 Å². The minimum absolute atomic E-state index is 0.00526. The molecule has 1 atom stereocenters. The van der Waals surface area contributed by atoms with E-state index in [4.69, 9.17) is 0 Å². The van der Waals surface area contributed by atoms with Gasteiger partial charge in [-0.25, -0.2) is 0 Å². The first-order valence-electron chi connectivity index (χ1n) is 6.90. The number of pyridine rings is 1. The quantitative estimate of drug-likeness (QED) is 0.791. The van der Waals surface area contributed by atoms with Crippen LogP contribution in [0, 0.1) is 0 Å². The Morgan fingerprint density at radius 3 is 2.41 bits per heavy atom. The highest BCUT2D eigenvalue weighted by molar-refractivity contribution is 9.10. The summed E-state index contributed by atoms with van der Waals surface area (Å²) in [5.41, 5.74) is 0.843. The van der Waals surface area contributed by atoms with E-state index in [1.165, 1.54) is 10.6 Å². The standard InChI is InChI=1S/C16H16Br2N2O2/c1-2-14(11-3-5-12(17)6-4-11)19-15(21)10-20-9-13(18)7-8-16(20)22/h3-9,14H,2,10H2,1H3,(H,19,21). The van der Waals surface area contributed by atoms with Crippen LogP contribution in [0.5, 0.6) is 0 Å². The molecule has 0 radical (unpaired) electrons. The summed E-state index contributed by atoms with van der Waals surface area (Å²) in [5, 5.41) is 2.97. The molecule has 0 fully saturated rings. The lowest BCUT2D eigenvalue weighted by Gasteiger charge is -2.18. The number of amides is 1. The van der Waals surface area contributed by atoms with E-state index in [-0.39, 0.29) is 24.1 Å². The van der Waals surface area contributed by atoms with Gasteiger partial charge < -0.3 is 9.88 Å². The molecule has 116 valence electrons. The first-order chi connectivity index (χ1) is 10.5. The number of aromatic nitrogens is 1. The molecule has 2 aromatic rings. The first-order valence-corrected chi connectivity index (χ1v) is 8.49. The molecule has 0 aliphatic rings. The summed E-state index contributed by atoms with van der Waals surface area (Å²) in [7, 11) is 0. The lowest BCUT2D eigenvalue weighted by atomic mass is 10.0. The van der Waals surface area contributed by atoms with Crippen molar-refractivity contribution in [1.82, 2.24) is 9.88 Å². The number of halogens is 2. The smallest absolute Gasteiger partial charge is 0.251 e. The van der Waals surface area contributed by atoms with Gasteiger partial charge in [0.1, 0.15) is 6.54 Å². The zero-order chi connectivity index (χ0) is 16.1. The van der Waals surface area contributed by atoms with Crippen LogP contribution in [0.3, 0.4) is 0 Å². The highest BCUT2D eigenvalue weighted by Crippen LogP contribution is 2.19. The second-order valence-electron chi connectivity index (χ2n) is 4.89. The van der Waals surface area contributed by atoms with Crippen LogP contribution in [0.15, 0.2) is 56.3 Å². The van der Waals surface area contributed by atoms with Gasteiger partial charge in [-0.05, 0) is 46.1 Å². The van der Waals surface area contributed by atoms with Crippen molar-refractivity contribution in [2.24, 2.45) is 0 Å². The van der Waals surface area contributed by atoms with Crippen LogP contribution in [0.2, 0.25) is 0 Å². The molecule has 0 bridgehead atoms. The van der Waals surface area contributed by atoms with Crippen LogP contribution in [-0.4, -0.2) is 10.5 Å². The van der Waals surface area contributed by atoms with E-state index in [2.05, 4.69) is 37.2 Å². The first kappa shape index (κ1) is 17.0. The molecule has 1 aromatic carbocycles. The normalized spacial score (nSPS) is 12.0. The van der Waals surface area contributed by atoms with Crippen molar-refractivity contribution in [3.05, 3.63) is 67.5 Å². The van der Waals surface area contributed by atoms with Gasteiger partial charge >= 0.3 is 0 Å². The molecule has 22 heavy (non-hydrogen) atoms. The summed E-state index contributed by atoms with van der Waals surface area (Å²) >= 11 is 6.69. The summed E-state index contributed by atoms with van der Waals surface area (Å²) in [6, 6.07) is 10.9. The Bertz CT molecular complexity index is 711. The lowest BCUT2D eigenvalue weighted by Crippen LogP contribution is -2.34. The number of benzene rings is 1. The number of carbonyl (C=O) groups is 1. The van der Waals surface area contributed by atoms with E-state index < -0.39 is 0 Å². The van der Waals surface area contributed by atoms with Gasteiger partial charge in [-0.15, -0.1) is 0 Å². The van der Waals surface area contributed by atoms with E-state index in [9.17, 15) is 9.59 Å². The molecular formula is C16H16Br2N2O2. The molecule has 1 heterocycles. The third-order valence-electron chi connectivity index (χ3n) is 3.28. The SMILES string of the molecule is CCC(NC(=O)Cn1cc(Br)ccc1=O)c1ccc(Br)cc1. The van der Waals surface area contributed by atoms with Gasteiger partial charge in [-0.3, -0.25) is 9.59 Å². The van der Waals surface area contributed by atoms with Crippen molar-refractivity contribution in [1.29, 1.82) is 0 Å². The Morgan fingerprint density at radius 1 is 1.14 bits per heavy atom. The third-order valence-corrected chi connectivity index (χ3v) is 4.27. The molecule has 1 unspecified atom stereocenters. The van der Waals surface area contributed by atoms with Gasteiger partial charge in [0, 0.05) is 21.2 Å². The van der Waals surface area contributed by atoms with Crippen LogP contribution in [0.1, 0.15) is 24.9 Å². The fraction of sp³-hybridized carbons (Fsp3) is 0.250. The Kier molecular flexibility index (Phi) is 5.97. The fourth-order valence-corrected chi connectivity index (χ4v) is 2.78. The van der Waals surface area contributed by atoms with E-state index >= 15 is 0 Å². The molecule has 0 aliphatic heterocycles. The molecule has 2 rings (SSSR count). The highest BCUT2D eigenvalue weighted by Gasteiger charge is 2.13. The van der Waals surface area contributed by atoms with Crippen LogP contribution in [0.4, 0.5) is 0 Å². The summed E-state index contributed by atoms with van der Waals surface area (Å²) in [4.78, 5) is 23.9. The van der Waals surface area contributed by atoms with Crippen molar-refractivity contribution in [3.8, 4) is 0 Å². The molecule has 0 spiro atoms. The molecule has 1 amide bonds. The predicted octanol–water partition coefficient (Wildman–Crippen LogP) is 3.64. The summed E-state index contributed by atoms with van der Waals surface area (Å²) < 4.78 is 3.14. The van der Waals surface area contributed by atoms with E-state index in [1.807, 2.05) is 31.2 Å². The molecule has 1 N–H and O–H groups in total. The van der Waals surface area contributed by atoms with Crippen molar-refractivity contribution < 1.29 is 4.79 Å². The maximum atomic E-state index is 12.2. The van der Waals surface area contributed by atoms with Gasteiger partial charge in [0.15, 0.2) is 0 Å². The Balaban J connectivity index is 2.08. The molecule has 0 aliphatic carbocycles. The number of rotatable bonds is 5. The Morgan fingerprint density at radius 2 is 1.77 bits per heavy atom. The van der Waals surface area contributed by atoms with E-state index in [1.54, 1.807) is 12.3 Å². The summed E-state index contributed by atoms with van der Waals surface area (Å²) in [6.45, 7) is 2.02. The number of hydrogen-bond donors (Lipinski definition) is 1. The second kappa shape index (κ2) is 7.74. The van der Waals surface area contributed by atoms with E-state index in [0.29, 0.717) is 0 Å². The molecule has 6 heteroatoms. The van der Waals surface area contributed by atoms with Crippen LogP contribution >= 0.6 is 31.9 Å². The molecule has 1 aromatic heterocycles. The van der Waals surface area contributed by atoms with Crippen LogP contribution in [-0.2, 0) is 11.3 Å². The van der Waals surface area contributed by atoms with Gasteiger partial charge in [0.2, 0.25) is 5.91 Å². The van der Waals surface area contributed by atoms with Gasteiger partial charge in [0.25, 0.3) is 5.56 Å². The monoisotopic (exact) mass is 426 g/mol. The Hall–Kier alpha value is -1.40. The third kappa shape index (κ3) is 4.55. The number of carbonyl (C=O) groups excluding carboxylic acids is 1. The largest absolute Gasteiger partial charge is 0.348 e. The average Bonchev–Trinajstić information content (AvgIpc) is 2.49. The number of hydrogen-bond acceptors (Lipinski definition) is 2. The fourth-order valence-electron chi connectivity index (χ4n) is 2.14. The van der Waals surface area contributed by atoms with Crippen molar-refractivity contribution in [2.75, 3.05) is 0 Å². The zero-order valence-corrected chi connectivity index (χ0v) is 15.2. The predicted molar refractivity (Wildman–Crippen MR) is 93.7 cm³/mol. The zero-order valence-electron chi connectivity index (χ0n) is 12.1. The topological polar surface area (TPSA) is 51.1 Å². The number of nitrogens with zero attached hydrogens (tertiary/aromatic N) is 1. The second-order valence-corrected chi connectivity index (χ2v) is 6.72. The summed E-state index contributed by atoms with van der Waals surface area (Å²) in [6.07, 6.45) is 2.39. The highest BCUT2D eigenvalue weighted by atomic mass is 79.9. The maximum absolute atomic E-state index is 12.2. The van der Waals surface area contributed by atoms with Crippen molar-refractivity contribution >= 4 is 37.8 Å². The molecule has 4 nitrogen and oxygen atoms in total. The van der Waals surface area contributed by atoms with Crippen molar-refractivity contribution in [2.45, 2.75) is 25.9 Å². The average molecular weight is 428 g/mol. The van der Waals surface area contributed by atoms with Gasteiger partial charge in [-0.1, -0.05) is 35.0 Å². The van der Waals surface area contributed by atoms with Crippen LogP contribution < -0.4 is 10.9 Å². The minimum atomic E-state index is -0.199. The maximum Gasteiger partial charge on any atom is 0.251 e. The van der Waals surface area contributed by atoms with Crippen LogP contribution in [0.25, 0.3) is 0 Å². The van der Waals surface area contributed by atoms with Crippen molar-refractivity contribution in [3.63, 3.8) is 0 Å². The van der Waals surface area contributed by atoms with Gasteiger partial charge in [-0.2, -0.15) is 0 Å². The Labute approximate surface area is 145 Å². The molecule has 0 saturated heterocycles. The molecular weight excluding hydrogens is 412 g/mol. The minimum Gasteiger partial charge on any atom is -0.348 e. The molecule has 0 saturated carbocycles. The number of nitrogens with one attached hydrogen (secondary N) is 1. The summed E-state index contributed by atoms with van der Waals surface area (Å²) in [5.74, 6) is -0.185. The van der Waals surface area contributed by atoms with Gasteiger partial charge in [0.05, 0.1) is 6.04 Å². The lowest BCUT2D eigenvalue weighted by molar-refractivity contribution is -0.122.